The molecular formula is C28H47NO7. The van der Waals surface area contributed by atoms with Crippen LogP contribution in [0.3, 0.4) is 0 Å². The highest BCUT2D eigenvalue weighted by atomic mass is 16.6. The van der Waals surface area contributed by atoms with Gasteiger partial charge in [-0.3, -0.25) is 9.59 Å². The Morgan fingerprint density at radius 3 is 1.94 bits per heavy atom. The number of unbranched alkanes of at least 4 members (excludes halogenated alkanes) is 6. The largest absolute Gasteiger partial charge is 0.491 e. The molecule has 206 valence electrons. The molecule has 0 spiro atoms. The van der Waals surface area contributed by atoms with Crippen molar-refractivity contribution in [3.05, 3.63) is 29.8 Å². The van der Waals surface area contributed by atoms with Crippen molar-refractivity contribution in [2.45, 2.75) is 77.6 Å². The predicted molar refractivity (Wildman–Crippen MR) is 141 cm³/mol. The molecule has 0 bridgehead atoms. The third kappa shape index (κ3) is 20.1. The summed E-state index contributed by atoms with van der Waals surface area (Å²) in [4.78, 5) is 21.7. The van der Waals surface area contributed by atoms with Crippen LogP contribution in [0.1, 0.15) is 76.7 Å². The number of hydrogen-bond donors (Lipinski definition) is 2. The molecule has 0 heterocycles. The zero-order valence-electron chi connectivity index (χ0n) is 22.1. The van der Waals surface area contributed by atoms with Crippen molar-refractivity contribution in [2.75, 3.05) is 52.8 Å². The summed E-state index contributed by atoms with van der Waals surface area (Å²) in [5, 5.41) is 11.2. The topological polar surface area (TPSA) is 103 Å². The van der Waals surface area contributed by atoms with Crippen LogP contribution in [-0.2, 0) is 30.2 Å². The van der Waals surface area contributed by atoms with E-state index in [1.807, 2.05) is 12.1 Å². The second-order valence-corrected chi connectivity index (χ2v) is 8.80. The van der Waals surface area contributed by atoms with E-state index in [4.69, 9.17) is 24.1 Å². The molecule has 0 aliphatic heterocycles. The van der Waals surface area contributed by atoms with Crippen LogP contribution in [0.25, 0.3) is 0 Å². The van der Waals surface area contributed by atoms with Gasteiger partial charge in [0.15, 0.2) is 0 Å². The summed E-state index contributed by atoms with van der Waals surface area (Å²) >= 11 is 0. The molecule has 0 fully saturated rings. The van der Waals surface area contributed by atoms with Crippen LogP contribution in [-0.4, -0.2) is 69.8 Å². The van der Waals surface area contributed by atoms with Crippen LogP contribution in [0.4, 0.5) is 0 Å². The number of rotatable bonds is 25. The van der Waals surface area contributed by atoms with Gasteiger partial charge in [-0.2, -0.15) is 0 Å². The van der Waals surface area contributed by atoms with Gasteiger partial charge in [-0.25, -0.2) is 0 Å². The van der Waals surface area contributed by atoms with Crippen molar-refractivity contribution in [2.24, 2.45) is 0 Å². The summed E-state index contributed by atoms with van der Waals surface area (Å²) in [5.41, 5.74) is 1.37. The molecule has 8 nitrogen and oxygen atoms in total. The number of hydrogen-bond acceptors (Lipinski definition) is 6. The quantitative estimate of drug-likeness (QED) is 0.183. The Kier molecular flexibility index (Phi) is 20.6. The molecule has 0 saturated carbocycles. The Morgan fingerprint density at radius 1 is 0.722 bits per heavy atom. The Labute approximate surface area is 217 Å². The molecular weight excluding hydrogens is 462 g/mol. The molecule has 1 rings (SSSR count). The van der Waals surface area contributed by atoms with Gasteiger partial charge in [-0.05, 0) is 37.0 Å². The predicted octanol–water partition coefficient (Wildman–Crippen LogP) is 4.78. The zero-order valence-corrected chi connectivity index (χ0v) is 22.1. The molecule has 8 heteroatoms. The second-order valence-electron chi connectivity index (χ2n) is 8.80. The lowest BCUT2D eigenvalue weighted by Crippen LogP contribution is -2.25. The van der Waals surface area contributed by atoms with Gasteiger partial charge < -0.3 is 29.4 Å². The highest BCUT2D eigenvalue weighted by Crippen LogP contribution is 2.15. The highest BCUT2D eigenvalue weighted by Gasteiger charge is 2.04. The lowest BCUT2D eigenvalue weighted by molar-refractivity contribution is -0.138. The molecule has 0 aliphatic rings. The smallest absolute Gasteiger partial charge is 0.303 e. The van der Waals surface area contributed by atoms with E-state index in [9.17, 15) is 9.59 Å². The fourth-order valence-corrected chi connectivity index (χ4v) is 3.51. The van der Waals surface area contributed by atoms with Crippen molar-refractivity contribution in [3.8, 4) is 5.75 Å². The third-order valence-electron chi connectivity index (χ3n) is 5.59. The average molecular weight is 510 g/mol. The maximum absolute atomic E-state index is 11.3. The number of aliphatic carboxylic acids is 1. The molecule has 1 amide bonds. The summed E-state index contributed by atoms with van der Waals surface area (Å²) in [5.74, 6) is -0.352. The molecule has 0 aliphatic carbocycles. The first-order valence-electron chi connectivity index (χ1n) is 13.5. The summed E-state index contributed by atoms with van der Waals surface area (Å²) in [6, 6.07) is 8.38. The lowest BCUT2D eigenvalue weighted by atomic mass is 10.0. The monoisotopic (exact) mass is 509 g/mol. The van der Waals surface area contributed by atoms with E-state index < -0.39 is 5.97 Å². The third-order valence-corrected chi connectivity index (χ3v) is 5.59. The van der Waals surface area contributed by atoms with Crippen LogP contribution in [0.2, 0.25) is 0 Å². The van der Waals surface area contributed by atoms with Gasteiger partial charge in [-0.1, -0.05) is 57.6 Å². The van der Waals surface area contributed by atoms with Crippen molar-refractivity contribution < 1.29 is 33.6 Å². The normalized spacial score (nSPS) is 10.9. The SMILES string of the molecule is CCCCCCCCCc1ccc(OCCOCCOCCOCCCNC(=O)CCC(=O)O)cc1. The van der Waals surface area contributed by atoms with E-state index >= 15 is 0 Å². The van der Waals surface area contributed by atoms with Gasteiger partial charge in [0.05, 0.1) is 39.5 Å². The Balaban J connectivity index is 1.85. The minimum atomic E-state index is -0.970. The van der Waals surface area contributed by atoms with Crippen molar-refractivity contribution in [1.29, 1.82) is 0 Å². The first kappa shape index (κ1) is 31.9. The number of carboxylic acids is 1. The molecule has 0 atom stereocenters. The minimum absolute atomic E-state index is 0.00469. The molecule has 0 aromatic heterocycles. The molecule has 1 aromatic carbocycles. The number of carbonyl (C=O) groups excluding carboxylic acids is 1. The van der Waals surface area contributed by atoms with E-state index in [0.717, 1.165) is 12.2 Å². The van der Waals surface area contributed by atoms with Gasteiger partial charge in [0.1, 0.15) is 12.4 Å². The number of benzene rings is 1. The number of carboxylic acid groups (broad SMARTS) is 1. The first-order chi connectivity index (χ1) is 17.6. The van der Waals surface area contributed by atoms with Crippen LogP contribution >= 0.6 is 0 Å². The van der Waals surface area contributed by atoms with Crippen LogP contribution in [0.5, 0.6) is 5.75 Å². The fraction of sp³-hybridized carbons (Fsp3) is 0.714. The second kappa shape index (κ2) is 23.3. The molecule has 2 N–H and O–H groups in total. The van der Waals surface area contributed by atoms with Gasteiger partial charge in [0, 0.05) is 19.6 Å². The highest BCUT2D eigenvalue weighted by molar-refractivity contribution is 5.80. The molecule has 0 unspecified atom stereocenters. The Hall–Kier alpha value is -2.16. The maximum Gasteiger partial charge on any atom is 0.303 e. The van der Waals surface area contributed by atoms with Gasteiger partial charge >= 0.3 is 5.97 Å². The molecule has 36 heavy (non-hydrogen) atoms. The van der Waals surface area contributed by atoms with E-state index in [0.29, 0.717) is 59.2 Å². The van der Waals surface area contributed by atoms with Crippen molar-refractivity contribution >= 4 is 11.9 Å². The Morgan fingerprint density at radius 2 is 1.31 bits per heavy atom. The van der Waals surface area contributed by atoms with Gasteiger partial charge in [0.25, 0.3) is 0 Å². The summed E-state index contributed by atoms with van der Waals surface area (Å²) in [6.07, 6.45) is 11.0. The van der Waals surface area contributed by atoms with Crippen LogP contribution in [0, 0.1) is 0 Å². The van der Waals surface area contributed by atoms with E-state index in [-0.39, 0.29) is 18.7 Å². The van der Waals surface area contributed by atoms with E-state index in [1.165, 1.54) is 50.5 Å². The summed E-state index contributed by atoms with van der Waals surface area (Å²) in [6.45, 7) is 6.21. The lowest BCUT2D eigenvalue weighted by Gasteiger charge is -2.09. The molecule has 0 saturated heterocycles. The number of nitrogens with one attached hydrogen (secondary N) is 1. The Bertz CT molecular complexity index is 666. The van der Waals surface area contributed by atoms with Crippen LogP contribution < -0.4 is 10.1 Å². The molecule has 0 radical (unpaired) electrons. The maximum atomic E-state index is 11.3. The number of aryl methyl sites for hydroxylation is 1. The van der Waals surface area contributed by atoms with Gasteiger partial charge in [0.2, 0.25) is 5.91 Å². The van der Waals surface area contributed by atoms with Crippen molar-refractivity contribution in [1.82, 2.24) is 5.32 Å². The number of ether oxygens (including phenoxy) is 4. The average Bonchev–Trinajstić information content (AvgIpc) is 2.88. The van der Waals surface area contributed by atoms with Gasteiger partial charge in [-0.15, -0.1) is 0 Å². The first-order valence-corrected chi connectivity index (χ1v) is 13.5. The number of amides is 1. The summed E-state index contributed by atoms with van der Waals surface area (Å²) in [7, 11) is 0. The summed E-state index contributed by atoms with van der Waals surface area (Å²) < 4.78 is 22.2. The van der Waals surface area contributed by atoms with E-state index in [1.54, 1.807) is 0 Å². The number of carbonyl (C=O) groups is 2. The van der Waals surface area contributed by atoms with Crippen LogP contribution in [0.15, 0.2) is 24.3 Å². The minimum Gasteiger partial charge on any atom is -0.491 e. The fourth-order valence-electron chi connectivity index (χ4n) is 3.51. The standard InChI is InChI=1S/C28H47NO7/c1-2-3-4-5-6-7-8-10-25-11-13-26(14-12-25)36-24-23-35-22-21-34-20-19-33-18-9-17-29-27(30)15-16-28(31)32/h11-14H,2-10,15-24H2,1H3,(H,29,30)(H,31,32). The zero-order chi connectivity index (χ0) is 26.1. The van der Waals surface area contributed by atoms with Crippen molar-refractivity contribution in [3.63, 3.8) is 0 Å². The van der Waals surface area contributed by atoms with E-state index in [2.05, 4.69) is 24.4 Å². The molecule has 1 aromatic rings.